The Balaban J connectivity index is 2.38. The number of ether oxygens (including phenoxy) is 2. The van der Waals surface area contributed by atoms with Crippen LogP contribution in [0.4, 0.5) is 0 Å². The molecule has 1 rings (SSSR count). The summed E-state index contributed by atoms with van der Waals surface area (Å²) in [4.78, 5) is 14.1. The summed E-state index contributed by atoms with van der Waals surface area (Å²) in [6.07, 6.45) is 0.789. The molecule has 1 heterocycles. The van der Waals surface area contributed by atoms with Gasteiger partial charge in [0.1, 0.15) is 6.04 Å². The summed E-state index contributed by atoms with van der Waals surface area (Å²) < 4.78 is 10.5. The molecular weight excluding hydrogens is 232 g/mol. The molecule has 0 aromatic heterocycles. The van der Waals surface area contributed by atoms with E-state index in [2.05, 4.69) is 17.1 Å². The van der Waals surface area contributed by atoms with Crippen molar-refractivity contribution in [2.24, 2.45) is 0 Å². The molecule has 1 fully saturated rings. The molecule has 1 aliphatic heterocycles. The lowest BCUT2D eigenvalue weighted by molar-refractivity contribution is -0.146. The zero-order chi connectivity index (χ0) is 13.4. The molecule has 0 saturated carbocycles. The van der Waals surface area contributed by atoms with Crippen LogP contribution in [-0.4, -0.2) is 62.4 Å². The second kappa shape index (κ2) is 8.45. The van der Waals surface area contributed by atoms with E-state index in [1.165, 1.54) is 0 Å². The molecule has 2 unspecified atom stereocenters. The minimum absolute atomic E-state index is 0.139. The van der Waals surface area contributed by atoms with Crippen molar-refractivity contribution in [2.75, 3.05) is 39.5 Å². The number of hydrogen-bond acceptors (Lipinski definition) is 5. The Hall–Kier alpha value is -0.650. The van der Waals surface area contributed by atoms with Crippen molar-refractivity contribution in [1.29, 1.82) is 0 Å². The van der Waals surface area contributed by atoms with Crippen LogP contribution < -0.4 is 5.32 Å². The average molecular weight is 258 g/mol. The third kappa shape index (κ3) is 4.92. The maximum Gasteiger partial charge on any atom is 0.323 e. The van der Waals surface area contributed by atoms with Crippen LogP contribution in [-0.2, 0) is 14.3 Å². The summed E-state index contributed by atoms with van der Waals surface area (Å²) >= 11 is 0. The van der Waals surface area contributed by atoms with Crippen LogP contribution in [0.15, 0.2) is 0 Å². The fraction of sp³-hybridized carbons (Fsp3) is 0.923. The Morgan fingerprint density at radius 3 is 2.94 bits per heavy atom. The third-order valence-electron chi connectivity index (χ3n) is 3.23. The first kappa shape index (κ1) is 15.4. The van der Waals surface area contributed by atoms with Gasteiger partial charge in [0.2, 0.25) is 0 Å². The van der Waals surface area contributed by atoms with Crippen molar-refractivity contribution in [3.05, 3.63) is 0 Å². The van der Waals surface area contributed by atoms with Crippen LogP contribution >= 0.6 is 0 Å². The van der Waals surface area contributed by atoms with Gasteiger partial charge in [0, 0.05) is 19.1 Å². The molecule has 0 amide bonds. The van der Waals surface area contributed by atoms with Crippen LogP contribution in [0.3, 0.4) is 0 Å². The molecule has 2 atom stereocenters. The number of carbonyl (C=O) groups excluding carboxylic acids is 1. The van der Waals surface area contributed by atoms with E-state index in [9.17, 15) is 4.79 Å². The van der Waals surface area contributed by atoms with E-state index in [-0.39, 0.29) is 12.0 Å². The predicted molar refractivity (Wildman–Crippen MR) is 70.6 cm³/mol. The smallest absolute Gasteiger partial charge is 0.323 e. The summed E-state index contributed by atoms with van der Waals surface area (Å²) in [6.45, 7) is 10.6. The summed E-state index contributed by atoms with van der Waals surface area (Å²) in [5.41, 5.74) is 0. The maximum absolute atomic E-state index is 11.8. The van der Waals surface area contributed by atoms with Crippen molar-refractivity contribution in [1.82, 2.24) is 10.2 Å². The van der Waals surface area contributed by atoms with Gasteiger partial charge in [-0.15, -0.1) is 0 Å². The monoisotopic (exact) mass is 258 g/mol. The zero-order valence-corrected chi connectivity index (χ0v) is 11.8. The lowest BCUT2D eigenvalue weighted by atomic mass is 10.1. The number of esters is 1. The van der Waals surface area contributed by atoms with E-state index in [0.29, 0.717) is 12.6 Å². The Morgan fingerprint density at radius 2 is 2.33 bits per heavy atom. The van der Waals surface area contributed by atoms with Crippen LogP contribution in [0.2, 0.25) is 0 Å². The van der Waals surface area contributed by atoms with E-state index in [0.717, 1.165) is 39.3 Å². The molecule has 106 valence electrons. The SMILES string of the molecule is CCNC(CCN1CCOCC1C)C(=O)OCC. The topological polar surface area (TPSA) is 50.8 Å². The molecule has 18 heavy (non-hydrogen) atoms. The normalized spacial score (nSPS) is 22.7. The first-order valence-corrected chi connectivity index (χ1v) is 6.90. The highest BCUT2D eigenvalue weighted by Gasteiger charge is 2.23. The predicted octanol–water partition coefficient (Wildman–Crippen LogP) is 0.638. The fourth-order valence-corrected chi connectivity index (χ4v) is 2.18. The molecule has 1 saturated heterocycles. The van der Waals surface area contributed by atoms with Crippen molar-refractivity contribution in [2.45, 2.75) is 39.3 Å². The van der Waals surface area contributed by atoms with Crippen molar-refractivity contribution in [3.63, 3.8) is 0 Å². The number of morpholine rings is 1. The summed E-state index contributed by atoms with van der Waals surface area (Å²) in [7, 11) is 0. The highest BCUT2D eigenvalue weighted by molar-refractivity contribution is 5.75. The van der Waals surface area contributed by atoms with Gasteiger partial charge in [0.15, 0.2) is 0 Å². The van der Waals surface area contributed by atoms with Crippen molar-refractivity contribution in [3.8, 4) is 0 Å². The lowest BCUT2D eigenvalue weighted by Crippen LogP contribution is -2.47. The molecule has 0 aromatic rings. The van der Waals surface area contributed by atoms with E-state index in [1.54, 1.807) is 0 Å². The minimum Gasteiger partial charge on any atom is -0.465 e. The fourth-order valence-electron chi connectivity index (χ4n) is 2.18. The van der Waals surface area contributed by atoms with Gasteiger partial charge in [-0.3, -0.25) is 9.69 Å². The molecule has 0 aromatic carbocycles. The van der Waals surface area contributed by atoms with Crippen molar-refractivity contribution < 1.29 is 14.3 Å². The molecule has 1 N–H and O–H groups in total. The van der Waals surface area contributed by atoms with Crippen LogP contribution in [0.1, 0.15) is 27.2 Å². The molecule has 0 radical (unpaired) electrons. The molecule has 1 aliphatic rings. The number of nitrogens with zero attached hydrogens (tertiary/aromatic N) is 1. The number of nitrogens with one attached hydrogen (secondary N) is 1. The van der Waals surface area contributed by atoms with E-state index < -0.39 is 0 Å². The lowest BCUT2D eigenvalue weighted by Gasteiger charge is -2.34. The van der Waals surface area contributed by atoms with Crippen LogP contribution in [0.5, 0.6) is 0 Å². The minimum atomic E-state index is -0.190. The van der Waals surface area contributed by atoms with Gasteiger partial charge in [0.05, 0.1) is 19.8 Å². The average Bonchev–Trinajstić information content (AvgIpc) is 2.36. The van der Waals surface area contributed by atoms with Crippen molar-refractivity contribution >= 4 is 5.97 Å². The van der Waals surface area contributed by atoms with E-state index in [1.807, 2.05) is 13.8 Å². The number of carbonyl (C=O) groups is 1. The number of rotatable bonds is 7. The zero-order valence-electron chi connectivity index (χ0n) is 11.8. The van der Waals surface area contributed by atoms with Crippen LogP contribution in [0, 0.1) is 0 Å². The largest absolute Gasteiger partial charge is 0.465 e. The molecule has 0 aliphatic carbocycles. The summed E-state index contributed by atoms with van der Waals surface area (Å²) in [5.74, 6) is -0.139. The number of hydrogen-bond donors (Lipinski definition) is 1. The highest BCUT2D eigenvalue weighted by Crippen LogP contribution is 2.08. The second-order valence-electron chi connectivity index (χ2n) is 4.61. The van der Waals surface area contributed by atoms with E-state index >= 15 is 0 Å². The van der Waals surface area contributed by atoms with Gasteiger partial charge in [0.25, 0.3) is 0 Å². The van der Waals surface area contributed by atoms with E-state index in [4.69, 9.17) is 9.47 Å². The standard InChI is InChI=1S/C13H26N2O3/c1-4-14-12(13(16)18-5-2)6-7-15-8-9-17-10-11(15)3/h11-12,14H,4-10H2,1-3H3. The second-order valence-corrected chi connectivity index (χ2v) is 4.61. The number of likely N-dealkylation sites (N-methyl/N-ethyl adjacent to an activating group) is 1. The Kier molecular flexibility index (Phi) is 7.23. The quantitative estimate of drug-likeness (QED) is 0.679. The summed E-state index contributed by atoms with van der Waals surface area (Å²) in [5, 5.41) is 3.19. The first-order valence-electron chi connectivity index (χ1n) is 6.90. The van der Waals surface area contributed by atoms with Gasteiger partial charge >= 0.3 is 5.97 Å². The molecule has 5 nitrogen and oxygen atoms in total. The maximum atomic E-state index is 11.8. The Bertz CT molecular complexity index is 248. The third-order valence-corrected chi connectivity index (χ3v) is 3.23. The van der Waals surface area contributed by atoms with Gasteiger partial charge in [-0.25, -0.2) is 0 Å². The Labute approximate surface area is 110 Å². The Morgan fingerprint density at radius 1 is 1.56 bits per heavy atom. The van der Waals surface area contributed by atoms with Crippen LogP contribution in [0.25, 0.3) is 0 Å². The molecule has 5 heteroatoms. The molecule has 0 spiro atoms. The highest BCUT2D eigenvalue weighted by atomic mass is 16.5. The van der Waals surface area contributed by atoms with Gasteiger partial charge in [-0.2, -0.15) is 0 Å². The molecule has 0 bridgehead atoms. The first-order chi connectivity index (χ1) is 8.69. The van der Waals surface area contributed by atoms with Gasteiger partial charge < -0.3 is 14.8 Å². The van der Waals surface area contributed by atoms with Gasteiger partial charge in [-0.1, -0.05) is 6.92 Å². The summed E-state index contributed by atoms with van der Waals surface area (Å²) in [6, 6.07) is 0.244. The van der Waals surface area contributed by atoms with Gasteiger partial charge in [-0.05, 0) is 26.8 Å². The molecular formula is C13H26N2O3.